The van der Waals surface area contributed by atoms with Crippen LogP contribution in [-0.2, 0) is 23.0 Å². The Morgan fingerprint density at radius 1 is 1.38 bits per heavy atom. The Morgan fingerprint density at radius 3 is 2.81 bits per heavy atom. The van der Waals surface area contributed by atoms with Crippen LogP contribution in [0.25, 0.3) is 0 Å². The molecule has 2 N–H and O–H groups in total. The first-order valence-corrected chi connectivity index (χ1v) is 6.73. The van der Waals surface area contributed by atoms with Crippen LogP contribution in [-0.4, -0.2) is 22.0 Å². The molecule has 0 saturated carbocycles. The maximum Gasteiger partial charge on any atom is 0.240 e. The molecule has 0 amide bonds. The molecular weight excluding hydrogens is 224 g/mol. The molecule has 1 aliphatic heterocycles. The summed E-state index contributed by atoms with van der Waals surface area (Å²) in [5, 5.41) is 0. The average Bonchev–Trinajstić information content (AvgIpc) is 2.28. The zero-order valence-electron chi connectivity index (χ0n) is 9.29. The summed E-state index contributed by atoms with van der Waals surface area (Å²) < 4.78 is 25.6. The summed E-state index contributed by atoms with van der Waals surface area (Å²) in [5.41, 5.74) is 2.33. The van der Waals surface area contributed by atoms with Crippen molar-refractivity contribution in [2.45, 2.75) is 17.9 Å². The van der Waals surface area contributed by atoms with Gasteiger partial charge in [0.25, 0.3) is 0 Å². The van der Waals surface area contributed by atoms with Gasteiger partial charge >= 0.3 is 0 Å². The first-order chi connectivity index (χ1) is 7.53. The lowest BCUT2D eigenvalue weighted by molar-refractivity contribution is -0.870. The van der Waals surface area contributed by atoms with Gasteiger partial charge in [0.2, 0.25) is 10.0 Å². The van der Waals surface area contributed by atoms with Gasteiger partial charge < -0.3 is 4.90 Å². The molecule has 0 aromatic heterocycles. The highest BCUT2D eigenvalue weighted by atomic mass is 32.2. The average molecular weight is 240 g/mol. The van der Waals surface area contributed by atoms with E-state index in [0.29, 0.717) is 4.90 Å². The smallest absolute Gasteiger partial charge is 0.240 e. The molecule has 0 saturated heterocycles. The second kappa shape index (κ2) is 4.16. The Hall–Kier alpha value is -0.910. The molecule has 0 radical (unpaired) electrons. The van der Waals surface area contributed by atoms with Crippen LogP contribution < -0.4 is 9.62 Å². The molecule has 1 unspecified atom stereocenters. The van der Waals surface area contributed by atoms with Gasteiger partial charge in [0, 0.05) is 12.0 Å². The highest BCUT2D eigenvalue weighted by molar-refractivity contribution is 7.89. The first kappa shape index (κ1) is 11.6. The van der Waals surface area contributed by atoms with E-state index in [-0.39, 0.29) is 0 Å². The van der Waals surface area contributed by atoms with Crippen LogP contribution in [0.2, 0.25) is 0 Å². The Balaban J connectivity index is 2.43. The van der Waals surface area contributed by atoms with Gasteiger partial charge in [-0.2, -0.15) is 7.05 Å². The minimum atomic E-state index is -3.33. The Labute approximate surface area is 96.3 Å². The molecule has 4 nitrogen and oxygen atoms in total. The minimum Gasteiger partial charge on any atom is -0.464 e. The fourth-order valence-electron chi connectivity index (χ4n) is 1.96. The summed E-state index contributed by atoms with van der Waals surface area (Å²) >= 11 is 0. The normalized spacial score (nSPS) is 20.5. The lowest BCUT2D eigenvalue weighted by Crippen LogP contribution is -3.06. The van der Waals surface area contributed by atoms with Crippen LogP contribution >= 0.6 is 0 Å². The third-order valence-electron chi connectivity index (χ3n) is 2.95. The zero-order chi connectivity index (χ0) is 11.8. The number of nitrogens with one attached hydrogen (secondary N) is 2. The van der Waals surface area contributed by atoms with Crippen molar-refractivity contribution >= 4 is 10.0 Å². The summed E-state index contributed by atoms with van der Waals surface area (Å²) in [7, 11) is 2.06. The van der Waals surface area contributed by atoms with E-state index in [1.165, 1.54) is 17.5 Å². The number of benzene rings is 1. The number of quaternary nitrogens is 1. The molecule has 88 valence electrons. The molecule has 2 rings (SSSR count). The maximum atomic E-state index is 11.6. The van der Waals surface area contributed by atoms with Crippen molar-refractivity contribution in [2.24, 2.45) is 0 Å². The van der Waals surface area contributed by atoms with E-state index < -0.39 is 10.0 Å². The van der Waals surface area contributed by atoms with Crippen LogP contribution in [0.1, 0.15) is 11.1 Å². The SMILES string of the molecule is [CH2-][NH+]1CCc2ccc(S(=O)(=O)NC)cc2C1. The van der Waals surface area contributed by atoms with E-state index in [0.717, 1.165) is 25.1 Å². The fraction of sp³-hybridized carbons (Fsp3) is 0.364. The summed E-state index contributed by atoms with van der Waals surface area (Å²) in [6.45, 7) is 1.80. The summed E-state index contributed by atoms with van der Waals surface area (Å²) in [4.78, 5) is 1.51. The van der Waals surface area contributed by atoms with Gasteiger partial charge in [-0.15, -0.1) is 0 Å². The molecule has 0 aliphatic carbocycles. The number of sulfonamides is 1. The number of hydrogen-bond donors (Lipinski definition) is 2. The molecule has 0 spiro atoms. The van der Waals surface area contributed by atoms with Gasteiger partial charge in [-0.25, -0.2) is 13.1 Å². The van der Waals surface area contributed by atoms with Gasteiger partial charge in [-0.05, 0) is 24.7 Å². The van der Waals surface area contributed by atoms with E-state index in [4.69, 9.17) is 0 Å². The molecular formula is C11H16N2O2S. The number of rotatable bonds is 2. The van der Waals surface area contributed by atoms with Crippen molar-refractivity contribution in [2.75, 3.05) is 13.6 Å². The minimum absolute atomic E-state index is 0.337. The van der Waals surface area contributed by atoms with Crippen LogP contribution in [0.4, 0.5) is 0 Å². The highest BCUT2D eigenvalue weighted by Crippen LogP contribution is 2.17. The Kier molecular flexibility index (Phi) is 3.01. The van der Waals surface area contributed by atoms with E-state index in [1.54, 1.807) is 12.1 Å². The third-order valence-corrected chi connectivity index (χ3v) is 4.36. The summed E-state index contributed by atoms with van der Waals surface area (Å²) in [6.07, 6.45) is 0.966. The van der Waals surface area contributed by atoms with Crippen LogP contribution in [0, 0.1) is 7.05 Å². The maximum absolute atomic E-state index is 11.6. The lowest BCUT2D eigenvalue weighted by Gasteiger charge is -2.27. The Bertz CT molecular complexity index is 497. The predicted molar refractivity (Wildman–Crippen MR) is 61.3 cm³/mol. The highest BCUT2D eigenvalue weighted by Gasteiger charge is 2.17. The van der Waals surface area contributed by atoms with Gasteiger partial charge in [0.1, 0.15) is 0 Å². The van der Waals surface area contributed by atoms with Gasteiger partial charge in [-0.3, -0.25) is 0 Å². The fourth-order valence-corrected chi connectivity index (χ4v) is 2.75. The monoisotopic (exact) mass is 240 g/mol. The molecule has 0 fully saturated rings. The standard InChI is InChI=1S/C11H16N2O2S/c1-12-16(14,15)11-4-3-9-5-6-13(2)8-10(9)7-11/h3-4,7,12-13H,2,5-6,8H2,1H3. The van der Waals surface area contributed by atoms with Gasteiger partial charge in [-0.1, -0.05) is 6.07 Å². The molecule has 1 atom stereocenters. The molecule has 1 heterocycles. The molecule has 0 bridgehead atoms. The van der Waals surface area contributed by atoms with Gasteiger partial charge in [0.05, 0.1) is 18.0 Å². The first-order valence-electron chi connectivity index (χ1n) is 5.25. The second-order valence-electron chi connectivity index (χ2n) is 4.06. The molecule has 5 heteroatoms. The molecule has 1 aromatic rings. The van der Waals surface area contributed by atoms with E-state index >= 15 is 0 Å². The van der Waals surface area contributed by atoms with Crippen LogP contribution in [0.5, 0.6) is 0 Å². The summed E-state index contributed by atoms with van der Waals surface area (Å²) in [5.74, 6) is 0. The number of fused-ring (bicyclic) bond motifs is 1. The van der Waals surface area contributed by atoms with Crippen molar-refractivity contribution in [3.8, 4) is 0 Å². The van der Waals surface area contributed by atoms with Crippen molar-refractivity contribution in [3.05, 3.63) is 36.4 Å². The van der Waals surface area contributed by atoms with Crippen LogP contribution in [0.3, 0.4) is 0 Å². The van der Waals surface area contributed by atoms with Crippen molar-refractivity contribution in [1.82, 2.24) is 4.72 Å². The van der Waals surface area contributed by atoms with E-state index in [9.17, 15) is 8.42 Å². The molecule has 1 aromatic carbocycles. The van der Waals surface area contributed by atoms with Crippen molar-refractivity contribution in [1.29, 1.82) is 0 Å². The lowest BCUT2D eigenvalue weighted by atomic mass is 10.0. The topological polar surface area (TPSA) is 50.6 Å². The number of hydrogen-bond acceptors (Lipinski definition) is 2. The molecule has 1 aliphatic rings. The van der Waals surface area contributed by atoms with E-state index in [2.05, 4.69) is 11.8 Å². The van der Waals surface area contributed by atoms with Crippen molar-refractivity contribution < 1.29 is 13.3 Å². The predicted octanol–water partition coefficient (Wildman–Crippen LogP) is -0.673. The third kappa shape index (κ3) is 2.11. The quantitative estimate of drug-likeness (QED) is 0.674. The summed E-state index contributed by atoms with van der Waals surface area (Å²) in [6, 6.07) is 5.33. The Morgan fingerprint density at radius 2 is 2.12 bits per heavy atom. The van der Waals surface area contributed by atoms with Crippen molar-refractivity contribution in [3.63, 3.8) is 0 Å². The molecule has 16 heavy (non-hydrogen) atoms. The zero-order valence-corrected chi connectivity index (χ0v) is 10.1. The largest absolute Gasteiger partial charge is 0.464 e. The van der Waals surface area contributed by atoms with E-state index in [1.807, 2.05) is 6.07 Å². The van der Waals surface area contributed by atoms with Crippen LogP contribution in [0.15, 0.2) is 23.1 Å². The second-order valence-corrected chi connectivity index (χ2v) is 5.95. The van der Waals surface area contributed by atoms with Gasteiger partial charge in [0.15, 0.2) is 0 Å².